The van der Waals surface area contributed by atoms with E-state index in [4.69, 9.17) is 4.74 Å². The molecular weight excluding hydrogens is 404 g/mol. The van der Waals surface area contributed by atoms with Crippen molar-refractivity contribution in [2.24, 2.45) is 13.0 Å². The van der Waals surface area contributed by atoms with Crippen LogP contribution in [0.5, 0.6) is 5.75 Å². The van der Waals surface area contributed by atoms with Gasteiger partial charge in [-0.15, -0.1) is 0 Å². The lowest BCUT2D eigenvalue weighted by Gasteiger charge is -2.15. The number of carbonyl (C=O) groups is 2. The average molecular weight is 437 g/mol. The molecule has 0 fully saturated rings. The number of carbonyl (C=O) groups excluding carboxylic acids is 1. The first-order valence-corrected chi connectivity index (χ1v) is 11.2. The first kappa shape index (κ1) is 23.4. The minimum absolute atomic E-state index is 0.0258. The fourth-order valence-electron chi connectivity index (χ4n) is 4.14. The molecule has 2 N–H and O–H groups in total. The van der Waals surface area contributed by atoms with Crippen molar-refractivity contribution in [3.05, 3.63) is 59.3 Å². The highest BCUT2D eigenvalue weighted by Gasteiger charge is 2.17. The number of methoxy groups -OCH3 is 1. The Bertz CT molecular complexity index is 1120. The number of carboxylic acid groups (broad SMARTS) is 1. The van der Waals surface area contributed by atoms with Gasteiger partial charge in [0.1, 0.15) is 5.75 Å². The first-order chi connectivity index (χ1) is 15.4. The summed E-state index contributed by atoms with van der Waals surface area (Å²) in [4.78, 5) is 24.0. The smallest absolute Gasteiger partial charge is 0.335 e. The quantitative estimate of drug-likeness (QED) is 0.432. The summed E-state index contributed by atoms with van der Waals surface area (Å²) in [6.07, 6.45) is 6.53. The fourth-order valence-corrected chi connectivity index (χ4v) is 4.14. The predicted octanol–water partition coefficient (Wildman–Crippen LogP) is 5.63. The summed E-state index contributed by atoms with van der Waals surface area (Å²) in [5.74, 6) is -0.334. The van der Waals surface area contributed by atoms with Crippen LogP contribution in [0.15, 0.2) is 42.6 Å². The van der Waals surface area contributed by atoms with E-state index in [0.29, 0.717) is 12.2 Å². The number of hydrogen-bond acceptors (Lipinski definition) is 3. The lowest BCUT2D eigenvalue weighted by atomic mass is 9.98. The first-order valence-electron chi connectivity index (χ1n) is 11.2. The Balaban J connectivity index is 1.89. The van der Waals surface area contributed by atoms with Crippen molar-refractivity contribution in [3.63, 3.8) is 0 Å². The topological polar surface area (TPSA) is 80.6 Å². The summed E-state index contributed by atoms with van der Waals surface area (Å²) in [6, 6.07) is 10.9. The van der Waals surface area contributed by atoms with Gasteiger partial charge in [0, 0.05) is 42.2 Å². The molecule has 0 saturated heterocycles. The second kappa shape index (κ2) is 10.4. The Kier molecular flexibility index (Phi) is 7.57. The third kappa shape index (κ3) is 5.13. The van der Waals surface area contributed by atoms with Gasteiger partial charge in [-0.25, -0.2) is 4.79 Å². The van der Waals surface area contributed by atoms with E-state index in [1.165, 1.54) is 0 Å². The highest BCUT2D eigenvalue weighted by atomic mass is 16.5. The number of anilines is 1. The molecule has 32 heavy (non-hydrogen) atoms. The molecule has 3 aromatic rings. The van der Waals surface area contributed by atoms with E-state index in [0.717, 1.165) is 53.4 Å². The van der Waals surface area contributed by atoms with Crippen molar-refractivity contribution in [2.45, 2.75) is 46.0 Å². The Hall–Kier alpha value is -3.28. The standard InChI is InChI=1S/C26H32N2O4/c1-5-7-8-17(6-2)25(29)27-21-11-12-23-22(15-21)20(16-28(23)3)13-18-9-10-19(26(30)31)14-24(18)32-4/h9-12,14-17H,5-8,13H2,1-4H3,(H,27,29)(H,30,31). The number of aromatic nitrogens is 1. The number of amides is 1. The number of benzene rings is 2. The normalized spacial score (nSPS) is 12.0. The van der Waals surface area contributed by atoms with Crippen LogP contribution in [0, 0.1) is 5.92 Å². The number of nitrogens with zero attached hydrogens (tertiary/aromatic N) is 1. The largest absolute Gasteiger partial charge is 0.496 e. The highest BCUT2D eigenvalue weighted by molar-refractivity contribution is 5.96. The molecule has 1 amide bonds. The van der Waals surface area contributed by atoms with Crippen LogP contribution >= 0.6 is 0 Å². The molecule has 6 nitrogen and oxygen atoms in total. The van der Waals surface area contributed by atoms with Crippen LogP contribution in [-0.4, -0.2) is 28.7 Å². The van der Waals surface area contributed by atoms with Crippen LogP contribution in [0.1, 0.15) is 61.0 Å². The third-order valence-corrected chi connectivity index (χ3v) is 6.02. The Morgan fingerprint density at radius 3 is 2.56 bits per heavy atom. The zero-order valence-electron chi connectivity index (χ0n) is 19.3. The summed E-state index contributed by atoms with van der Waals surface area (Å²) < 4.78 is 7.51. The molecule has 1 heterocycles. The van der Waals surface area contributed by atoms with E-state index >= 15 is 0 Å². The van der Waals surface area contributed by atoms with Crippen molar-refractivity contribution in [2.75, 3.05) is 12.4 Å². The van der Waals surface area contributed by atoms with Gasteiger partial charge in [-0.2, -0.15) is 0 Å². The molecule has 0 bridgehead atoms. The van der Waals surface area contributed by atoms with Gasteiger partial charge < -0.3 is 19.7 Å². The molecule has 1 unspecified atom stereocenters. The van der Waals surface area contributed by atoms with E-state index in [1.807, 2.05) is 25.2 Å². The number of aryl methyl sites for hydroxylation is 1. The molecule has 0 aliphatic rings. The Morgan fingerprint density at radius 2 is 1.91 bits per heavy atom. The molecule has 2 aromatic carbocycles. The third-order valence-electron chi connectivity index (χ3n) is 6.02. The maximum absolute atomic E-state index is 12.8. The minimum atomic E-state index is -0.982. The van der Waals surface area contributed by atoms with Gasteiger partial charge >= 0.3 is 5.97 Å². The average Bonchev–Trinajstić information content (AvgIpc) is 3.09. The Labute approximate surface area is 189 Å². The predicted molar refractivity (Wildman–Crippen MR) is 128 cm³/mol. The van der Waals surface area contributed by atoms with Crippen LogP contribution in [0.25, 0.3) is 10.9 Å². The summed E-state index contributed by atoms with van der Waals surface area (Å²) in [5.41, 5.74) is 4.04. The van der Waals surface area contributed by atoms with Crippen LogP contribution in [-0.2, 0) is 18.3 Å². The van der Waals surface area contributed by atoms with Crippen molar-refractivity contribution in [1.82, 2.24) is 4.57 Å². The fraction of sp³-hybridized carbons (Fsp3) is 0.385. The maximum Gasteiger partial charge on any atom is 0.335 e. The van der Waals surface area contributed by atoms with E-state index in [2.05, 4.69) is 29.9 Å². The van der Waals surface area contributed by atoms with Gasteiger partial charge in [0.2, 0.25) is 5.91 Å². The van der Waals surface area contributed by atoms with Crippen molar-refractivity contribution >= 4 is 28.5 Å². The van der Waals surface area contributed by atoms with Crippen molar-refractivity contribution in [1.29, 1.82) is 0 Å². The number of carboxylic acids is 1. The lowest BCUT2D eigenvalue weighted by Crippen LogP contribution is -2.22. The number of hydrogen-bond donors (Lipinski definition) is 2. The number of ether oxygens (including phenoxy) is 1. The van der Waals surface area contributed by atoms with Gasteiger partial charge in [0.15, 0.2) is 0 Å². The molecule has 1 aromatic heterocycles. The second-order valence-electron chi connectivity index (χ2n) is 8.24. The zero-order valence-corrected chi connectivity index (χ0v) is 19.3. The highest BCUT2D eigenvalue weighted by Crippen LogP contribution is 2.30. The molecule has 0 aliphatic carbocycles. The molecule has 0 aliphatic heterocycles. The minimum Gasteiger partial charge on any atom is -0.496 e. The number of nitrogens with one attached hydrogen (secondary N) is 1. The number of aromatic carboxylic acids is 1. The molecule has 170 valence electrons. The molecule has 6 heteroatoms. The van der Waals surface area contributed by atoms with E-state index in [1.54, 1.807) is 25.3 Å². The van der Waals surface area contributed by atoms with E-state index in [9.17, 15) is 14.7 Å². The second-order valence-corrected chi connectivity index (χ2v) is 8.24. The lowest BCUT2D eigenvalue weighted by molar-refractivity contribution is -0.120. The Morgan fingerprint density at radius 1 is 1.12 bits per heavy atom. The molecule has 0 radical (unpaired) electrons. The summed E-state index contributed by atoms with van der Waals surface area (Å²) >= 11 is 0. The molecule has 0 spiro atoms. The van der Waals surface area contributed by atoms with Crippen molar-refractivity contribution < 1.29 is 19.4 Å². The molecule has 1 atom stereocenters. The van der Waals surface area contributed by atoms with Crippen molar-refractivity contribution in [3.8, 4) is 5.75 Å². The van der Waals surface area contributed by atoms with E-state index < -0.39 is 5.97 Å². The molecule has 0 saturated carbocycles. The monoisotopic (exact) mass is 436 g/mol. The molecule has 3 rings (SSSR count). The number of unbranched alkanes of at least 4 members (excludes halogenated alkanes) is 1. The van der Waals surface area contributed by atoms with Gasteiger partial charge in [-0.3, -0.25) is 4.79 Å². The van der Waals surface area contributed by atoms with Crippen LogP contribution in [0.2, 0.25) is 0 Å². The van der Waals surface area contributed by atoms with Gasteiger partial charge in [0.05, 0.1) is 12.7 Å². The molecular formula is C26H32N2O4. The maximum atomic E-state index is 12.8. The zero-order chi connectivity index (χ0) is 23.3. The summed E-state index contributed by atoms with van der Waals surface area (Å²) in [7, 11) is 3.54. The number of fused-ring (bicyclic) bond motifs is 1. The van der Waals surface area contributed by atoms with E-state index in [-0.39, 0.29) is 17.4 Å². The van der Waals surface area contributed by atoms with Gasteiger partial charge in [-0.1, -0.05) is 32.8 Å². The van der Waals surface area contributed by atoms with Gasteiger partial charge in [0.25, 0.3) is 0 Å². The summed E-state index contributed by atoms with van der Waals surface area (Å²) in [5, 5.41) is 13.4. The van der Waals surface area contributed by atoms with Crippen LogP contribution < -0.4 is 10.1 Å². The van der Waals surface area contributed by atoms with Crippen LogP contribution in [0.3, 0.4) is 0 Å². The SMILES string of the molecule is CCCCC(CC)C(=O)Nc1ccc2c(c1)c(Cc1ccc(C(=O)O)cc1OC)cn2C. The summed E-state index contributed by atoms with van der Waals surface area (Å²) in [6.45, 7) is 4.20. The van der Waals surface area contributed by atoms with Gasteiger partial charge in [-0.05, 0) is 54.3 Å². The van der Waals surface area contributed by atoms with Crippen LogP contribution in [0.4, 0.5) is 5.69 Å². The number of rotatable bonds is 10.